The number of likely N-dealkylation sites (tertiary alicyclic amines) is 1. The molecule has 1 fully saturated rings. The van der Waals surface area contributed by atoms with Crippen molar-refractivity contribution in [2.75, 3.05) is 19.6 Å². The van der Waals surface area contributed by atoms with Gasteiger partial charge in [0.25, 0.3) is 0 Å². The highest BCUT2D eigenvalue weighted by atomic mass is 16.2. The molecule has 3 heteroatoms. The number of hydrogen-bond acceptors (Lipinski definition) is 2. The molecule has 1 aromatic rings. The van der Waals surface area contributed by atoms with Crippen molar-refractivity contribution in [1.29, 1.82) is 0 Å². The second-order valence-corrected chi connectivity index (χ2v) is 7.18. The van der Waals surface area contributed by atoms with E-state index in [-0.39, 0.29) is 11.9 Å². The van der Waals surface area contributed by atoms with Crippen LogP contribution in [0.4, 0.5) is 0 Å². The summed E-state index contributed by atoms with van der Waals surface area (Å²) in [5, 5.41) is 3.42. The summed E-state index contributed by atoms with van der Waals surface area (Å²) in [5.74, 6) is 0.264. The predicted molar refractivity (Wildman–Crippen MR) is 85.1 cm³/mol. The van der Waals surface area contributed by atoms with Crippen LogP contribution in [-0.4, -0.2) is 30.4 Å². The Kier molecular flexibility index (Phi) is 4.03. The zero-order valence-corrected chi connectivity index (χ0v) is 13.2. The molecule has 0 radical (unpaired) electrons. The first kappa shape index (κ1) is 14.6. The van der Waals surface area contributed by atoms with E-state index >= 15 is 0 Å². The summed E-state index contributed by atoms with van der Waals surface area (Å²) < 4.78 is 0. The molecule has 2 aliphatic heterocycles. The van der Waals surface area contributed by atoms with Gasteiger partial charge in [-0.3, -0.25) is 4.79 Å². The minimum atomic E-state index is -0.142. The molecule has 1 unspecified atom stereocenters. The molecule has 1 saturated heterocycles. The first-order valence-corrected chi connectivity index (χ1v) is 8.17. The number of carbonyl (C=O) groups is 1. The predicted octanol–water partition coefficient (Wildman–Crippen LogP) is 2.91. The third kappa shape index (κ3) is 3.13. The molecule has 1 N–H and O–H groups in total. The van der Waals surface area contributed by atoms with Gasteiger partial charge in [-0.1, -0.05) is 38.1 Å². The molecule has 1 atom stereocenters. The third-order valence-electron chi connectivity index (χ3n) is 5.01. The zero-order chi connectivity index (χ0) is 14.9. The molecule has 2 aliphatic rings. The molecule has 114 valence electrons. The van der Waals surface area contributed by atoms with E-state index in [9.17, 15) is 4.79 Å². The Morgan fingerprint density at radius 2 is 2.05 bits per heavy atom. The Labute approximate surface area is 127 Å². The van der Waals surface area contributed by atoms with Crippen LogP contribution in [0.1, 0.15) is 50.3 Å². The van der Waals surface area contributed by atoms with Gasteiger partial charge in [-0.15, -0.1) is 0 Å². The Morgan fingerprint density at radius 1 is 1.24 bits per heavy atom. The second-order valence-electron chi connectivity index (χ2n) is 7.18. The molecule has 0 aromatic heterocycles. The van der Waals surface area contributed by atoms with Crippen molar-refractivity contribution >= 4 is 5.91 Å². The summed E-state index contributed by atoms with van der Waals surface area (Å²) in [6.07, 6.45) is 4.46. The highest BCUT2D eigenvalue weighted by molar-refractivity contribution is 5.84. The minimum absolute atomic E-state index is 0.142. The maximum Gasteiger partial charge on any atom is 0.244 e. The Balaban J connectivity index is 1.77. The van der Waals surface area contributed by atoms with Gasteiger partial charge in [-0.2, -0.15) is 0 Å². The van der Waals surface area contributed by atoms with Gasteiger partial charge in [0.15, 0.2) is 0 Å². The van der Waals surface area contributed by atoms with Gasteiger partial charge in [0, 0.05) is 19.6 Å². The zero-order valence-electron chi connectivity index (χ0n) is 13.2. The highest BCUT2D eigenvalue weighted by Crippen LogP contribution is 2.31. The van der Waals surface area contributed by atoms with Crippen molar-refractivity contribution in [1.82, 2.24) is 10.2 Å². The van der Waals surface area contributed by atoms with E-state index in [4.69, 9.17) is 0 Å². The SMILES string of the molecule is CC1(C)CCCN(C(=O)C2NCCc3ccccc32)CC1. The molecule has 1 amide bonds. The molecule has 0 saturated carbocycles. The molecule has 0 spiro atoms. The van der Waals surface area contributed by atoms with Crippen LogP contribution in [0.5, 0.6) is 0 Å². The van der Waals surface area contributed by atoms with Crippen molar-refractivity contribution in [2.45, 2.75) is 45.6 Å². The summed E-state index contributed by atoms with van der Waals surface area (Å²) >= 11 is 0. The summed E-state index contributed by atoms with van der Waals surface area (Å²) in [5.41, 5.74) is 2.87. The van der Waals surface area contributed by atoms with Gasteiger partial charge < -0.3 is 10.2 Å². The van der Waals surface area contributed by atoms with Gasteiger partial charge in [-0.05, 0) is 42.2 Å². The maximum absolute atomic E-state index is 12.9. The lowest BCUT2D eigenvalue weighted by Gasteiger charge is -2.31. The van der Waals surface area contributed by atoms with E-state index in [1.807, 2.05) is 6.07 Å². The van der Waals surface area contributed by atoms with E-state index in [2.05, 4.69) is 42.3 Å². The lowest BCUT2D eigenvalue weighted by atomic mass is 9.85. The molecule has 1 aromatic carbocycles. The topological polar surface area (TPSA) is 32.3 Å². The Morgan fingerprint density at radius 3 is 2.90 bits per heavy atom. The van der Waals surface area contributed by atoms with Crippen molar-refractivity contribution in [2.24, 2.45) is 5.41 Å². The molecular formula is C18H26N2O. The van der Waals surface area contributed by atoms with Crippen molar-refractivity contribution in [3.05, 3.63) is 35.4 Å². The van der Waals surface area contributed by atoms with Gasteiger partial charge in [0.2, 0.25) is 5.91 Å². The Hall–Kier alpha value is -1.35. The fraction of sp³-hybridized carbons (Fsp3) is 0.611. The smallest absolute Gasteiger partial charge is 0.244 e. The monoisotopic (exact) mass is 286 g/mol. The standard InChI is InChI=1S/C18H26N2O/c1-18(2)9-5-12-20(13-10-18)17(21)16-15-7-4-3-6-14(15)8-11-19-16/h3-4,6-7,16,19H,5,8-13H2,1-2H3. The van der Waals surface area contributed by atoms with E-state index in [1.54, 1.807) is 0 Å². The fourth-order valence-corrected chi connectivity index (χ4v) is 3.55. The first-order valence-electron chi connectivity index (χ1n) is 8.17. The molecule has 3 rings (SSSR count). The van der Waals surface area contributed by atoms with Crippen LogP contribution in [0.25, 0.3) is 0 Å². The maximum atomic E-state index is 12.9. The molecule has 0 bridgehead atoms. The van der Waals surface area contributed by atoms with Gasteiger partial charge in [-0.25, -0.2) is 0 Å². The van der Waals surface area contributed by atoms with Crippen LogP contribution >= 0.6 is 0 Å². The van der Waals surface area contributed by atoms with Crippen LogP contribution in [-0.2, 0) is 11.2 Å². The summed E-state index contributed by atoms with van der Waals surface area (Å²) in [4.78, 5) is 15.0. The number of fused-ring (bicyclic) bond motifs is 1. The number of benzene rings is 1. The molecule has 21 heavy (non-hydrogen) atoms. The summed E-state index contributed by atoms with van der Waals surface area (Å²) in [6.45, 7) is 7.33. The van der Waals surface area contributed by atoms with E-state index in [0.717, 1.165) is 38.9 Å². The van der Waals surface area contributed by atoms with E-state index in [1.165, 1.54) is 17.5 Å². The summed E-state index contributed by atoms with van der Waals surface area (Å²) in [6, 6.07) is 8.22. The molecule has 0 aliphatic carbocycles. The van der Waals surface area contributed by atoms with Crippen LogP contribution in [0.2, 0.25) is 0 Å². The number of rotatable bonds is 1. The van der Waals surface area contributed by atoms with Gasteiger partial charge in [0.1, 0.15) is 6.04 Å². The van der Waals surface area contributed by atoms with Crippen LogP contribution in [0.15, 0.2) is 24.3 Å². The second kappa shape index (κ2) is 5.80. The van der Waals surface area contributed by atoms with E-state index in [0.29, 0.717) is 5.41 Å². The average molecular weight is 286 g/mol. The van der Waals surface area contributed by atoms with Crippen LogP contribution < -0.4 is 5.32 Å². The van der Waals surface area contributed by atoms with Crippen molar-refractivity contribution in [3.8, 4) is 0 Å². The van der Waals surface area contributed by atoms with Crippen LogP contribution in [0.3, 0.4) is 0 Å². The molecule has 3 nitrogen and oxygen atoms in total. The quantitative estimate of drug-likeness (QED) is 0.861. The number of hydrogen-bond donors (Lipinski definition) is 1. The number of nitrogens with one attached hydrogen (secondary N) is 1. The lowest BCUT2D eigenvalue weighted by Crippen LogP contribution is -2.44. The van der Waals surface area contributed by atoms with Crippen LogP contribution in [0, 0.1) is 5.41 Å². The fourth-order valence-electron chi connectivity index (χ4n) is 3.55. The minimum Gasteiger partial charge on any atom is -0.341 e. The van der Waals surface area contributed by atoms with Gasteiger partial charge >= 0.3 is 0 Å². The highest BCUT2D eigenvalue weighted by Gasteiger charge is 2.32. The van der Waals surface area contributed by atoms with Gasteiger partial charge in [0.05, 0.1) is 0 Å². The number of carbonyl (C=O) groups excluding carboxylic acids is 1. The van der Waals surface area contributed by atoms with Crippen molar-refractivity contribution in [3.63, 3.8) is 0 Å². The molecule has 2 heterocycles. The largest absolute Gasteiger partial charge is 0.341 e. The van der Waals surface area contributed by atoms with Crippen molar-refractivity contribution < 1.29 is 4.79 Å². The normalized spacial score (nSPS) is 25.0. The third-order valence-corrected chi connectivity index (χ3v) is 5.01. The van der Waals surface area contributed by atoms with E-state index < -0.39 is 0 Å². The molecular weight excluding hydrogens is 260 g/mol. The average Bonchev–Trinajstić information content (AvgIpc) is 2.67. The summed E-state index contributed by atoms with van der Waals surface area (Å²) in [7, 11) is 0. The number of nitrogens with zero attached hydrogens (tertiary/aromatic N) is 1. The first-order chi connectivity index (χ1) is 10.1. The lowest BCUT2D eigenvalue weighted by molar-refractivity contribution is -0.133. The Bertz CT molecular complexity index is 524. The number of amides is 1.